The van der Waals surface area contributed by atoms with Gasteiger partial charge in [-0.05, 0) is 37.0 Å². The molecular weight excluding hydrogens is 396 g/mol. The Kier molecular flexibility index (Phi) is 6.58. The van der Waals surface area contributed by atoms with Crippen LogP contribution in [-0.4, -0.2) is 27.0 Å². The molecule has 3 aromatic rings. The van der Waals surface area contributed by atoms with E-state index in [1.807, 2.05) is 40.7 Å². The van der Waals surface area contributed by atoms with Gasteiger partial charge in [0.1, 0.15) is 5.75 Å². The highest BCUT2D eigenvalue weighted by molar-refractivity contribution is 6.12. The number of hydrogen-bond donors (Lipinski definition) is 2. The van der Waals surface area contributed by atoms with Crippen LogP contribution in [0, 0.1) is 5.92 Å². The molecule has 31 heavy (non-hydrogen) atoms. The van der Waals surface area contributed by atoms with Gasteiger partial charge in [0.05, 0.1) is 23.2 Å². The van der Waals surface area contributed by atoms with E-state index in [-0.39, 0.29) is 28.4 Å². The van der Waals surface area contributed by atoms with Crippen molar-refractivity contribution in [2.24, 2.45) is 5.92 Å². The lowest BCUT2D eigenvalue weighted by atomic mass is 10.0. The molecule has 0 radical (unpaired) electrons. The van der Waals surface area contributed by atoms with E-state index < -0.39 is 17.2 Å². The maximum absolute atomic E-state index is 13.3. The predicted molar refractivity (Wildman–Crippen MR) is 121 cm³/mol. The molecule has 1 amide bonds. The number of aromatic amines is 1. The minimum absolute atomic E-state index is 0.00597. The monoisotopic (exact) mass is 424 g/mol. The number of rotatable bonds is 7. The van der Waals surface area contributed by atoms with Crippen LogP contribution in [0.25, 0.3) is 11.0 Å². The van der Waals surface area contributed by atoms with E-state index in [2.05, 4.69) is 15.3 Å². The number of aromatic nitrogens is 3. The third-order valence-corrected chi connectivity index (χ3v) is 4.79. The first-order valence-electron chi connectivity index (χ1n) is 10.4. The molecule has 0 bridgehead atoms. The number of hydrogen-bond acceptors (Lipinski definition) is 5. The molecule has 0 fully saturated rings. The van der Waals surface area contributed by atoms with Crippen LogP contribution in [0.15, 0.2) is 39.9 Å². The number of anilines is 1. The quantitative estimate of drug-likeness (QED) is 0.604. The number of fused-ring (bicyclic) bond motifs is 1. The van der Waals surface area contributed by atoms with Gasteiger partial charge in [-0.1, -0.05) is 39.8 Å². The second-order valence-corrected chi connectivity index (χ2v) is 8.10. The van der Waals surface area contributed by atoms with Gasteiger partial charge in [0.15, 0.2) is 5.65 Å². The van der Waals surface area contributed by atoms with Gasteiger partial charge < -0.3 is 10.1 Å². The number of benzene rings is 1. The third kappa shape index (κ3) is 4.68. The average molecular weight is 425 g/mol. The summed E-state index contributed by atoms with van der Waals surface area (Å²) in [5, 5.41) is 2.93. The van der Waals surface area contributed by atoms with E-state index in [9.17, 15) is 14.4 Å². The molecular formula is C23H28N4O4. The summed E-state index contributed by atoms with van der Waals surface area (Å²) in [7, 11) is 0. The van der Waals surface area contributed by atoms with E-state index in [0.29, 0.717) is 30.3 Å². The number of carbonyl (C=O) groups is 1. The molecule has 0 saturated heterocycles. The maximum Gasteiger partial charge on any atom is 0.330 e. The number of para-hydroxylation sites is 2. The molecule has 0 aliphatic heterocycles. The smallest absolute Gasteiger partial charge is 0.330 e. The van der Waals surface area contributed by atoms with Gasteiger partial charge in [-0.2, -0.15) is 0 Å². The molecule has 0 atom stereocenters. The zero-order chi connectivity index (χ0) is 22.7. The molecule has 0 saturated carbocycles. The van der Waals surface area contributed by atoms with Crippen molar-refractivity contribution < 1.29 is 9.53 Å². The zero-order valence-electron chi connectivity index (χ0n) is 18.5. The SMILES string of the molecule is CCOc1ccccc1NC(=O)c1cc(C(C)C)nc2c1c(=O)[nH]c(=O)n2CC(C)C. The molecule has 2 aromatic heterocycles. The lowest BCUT2D eigenvalue weighted by Crippen LogP contribution is -2.33. The number of pyridine rings is 1. The minimum Gasteiger partial charge on any atom is -0.492 e. The Bertz CT molecular complexity index is 1220. The highest BCUT2D eigenvalue weighted by atomic mass is 16.5. The first kappa shape index (κ1) is 22.3. The topological polar surface area (TPSA) is 106 Å². The maximum atomic E-state index is 13.3. The first-order valence-corrected chi connectivity index (χ1v) is 10.4. The molecule has 164 valence electrons. The highest BCUT2D eigenvalue weighted by Crippen LogP contribution is 2.26. The van der Waals surface area contributed by atoms with Gasteiger partial charge in [-0.25, -0.2) is 9.78 Å². The number of ether oxygens (including phenoxy) is 1. The first-order chi connectivity index (χ1) is 14.7. The number of amides is 1. The average Bonchev–Trinajstić information content (AvgIpc) is 2.71. The fourth-order valence-corrected chi connectivity index (χ4v) is 3.34. The summed E-state index contributed by atoms with van der Waals surface area (Å²) in [5.41, 5.74) is 0.338. The standard InChI is InChI=1S/C23H28N4O4/c1-6-31-18-10-8-7-9-16(18)25-21(28)15-11-17(14(4)5)24-20-19(15)22(29)26-23(30)27(20)12-13(2)3/h7-11,13-14H,6,12H2,1-5H3,(H,25,28)(H,26,29,30). The molecule has 0 aliphatic carbocycles. The van der Waals surface area contributed by atoms with E-state index in [1.54, 1.807) is 24.3 Å². The fourth-order valence-electron chi connectivity index (χ4n) is 3.34. The molecule has 8 nitrogen and oxygen atoms in total. The Balaban J connectivity index is 2.23. The highest BCUT2D eigenvalue weighted by Gasteiger charge is 2.21. The molecule has 0 unspecified atom stereocenters. The van der Waals surface area contributed by atoms with Gasteiger partial charge in [-0.3, -0.25) is 19.1 Å². The molecule has 3 rings (SSSR count). The Hall–Kier alpha value is -3.42. The van der Waals surface area contributed by atoms with Gasteiger partial charge in [-0.15, -0.1) is 0 Å². The Morgan fingerprint density at radius 1 is 1.19 bits per heavy atom. The molecule has 0 aliphatic rings. The Morgan fingerprint density at radius 2 is 1.90 bits per heavy atom. The minimum atomic E-state index is -0.633. The van der Waals surface area contributed by atoms with Crippen LogP contribution in [0.1, 0.15) is 56.6 Å². The van der Waals surface area contributed by atoms with Crippen molar-refractivity contribution in [1.82, 2.24) is 14.5 Å². The van der Waals surface area contributed by atoms with Crippen molar-refractivity contribution in [3.05, 3.63) is 62.4 Å². The van der Waals surface area contributed by atoms with E-state index >= 15 is 0 Å². The van der Waals surface area contributed by atoms with Crippen LogP contribution < -0.4 is 21.3 Å². The van der Waals surface area contributed by atoms with Crippen LogP contribution in [0.3, 0.4) is 0 Å². The van der Waals surface area contributed by atoms with Crippen molar-refractivity contribution in [2.75, 3.05) is 11.9 Å². The van der Waals surface area contributed by atoms with Gasteiger partial charge in [0.25, 0.3) is 11.5 Å². The lowest BCUT2D eigenvalue weighted by molar-refractivity contribution is 0.102. The van der Waals surface area contributed by atoms with Crippen LogP contribution in [0.4, 0.5) is 5.69 Å². The van der Waals surface area contributed by atoms with Crippen molar-refractivity contribution >= 4 is 22.6 Å². The fraction of sp³-hybridized carbons (Fsp3) is 0.391. The van der Waals surface area contributed by atoms with Crippen LogP contribution in [0.5, 0.6) is 5.75 Å². The number of H-pyrrole nitrogens is 1. The van der Waals surface area contributed by atoms with E-state index in [4.69, 9.17) is 4.74 Å². The number of nitrogens with zero attached hydrogens (tertiary/aromatic N) is 2. The second-order valence-electron chi connectivity index (χ2n) is 8.10. The van der Waals surface area contributed by atoms with Gasteiger partial charge in [0, 0.05) is 12.2 Å². The summed E-state index contributed by atoms with van der Waals surface area (Å²) >= 11 is 0. The van der Waals surface area contributed by atoms with E-state index in [1.165, 1.54) is 4.57 Å². The largest absolute Gasteiger partial charge is 0.492 e. The van der Waals surface area contributed by atoms with Crippen LogP contribution in [-0.2, 0) is 6.54 Å². The second kappa shape index (κ2) is 9.16. The molecule has 2 heterocycles. The van der Waals surface area contributed by atoms with Crippen LogP contribution >= 0.6 is 0 Å². The summed E-state index contributed by atoms with van der Waals surface area (Å²) < 4.78 is 7.01. The normalized spacial score (nSPS) is 11.3. The summed E-state index contributed by atoms with van der Waals surface area (Å²) in [6.45, 7) is 10.5. The number of carbonyl (C=O) groups excluding carboxylic acids is 1. The molecule has 2 N–H and O–H groups in total. The van der Waals surface area contributed by atoms with Gasteiger partial charge in [0.2, 0.25) is 0 Å². The van der Waals surface area contributed by atoms with Gasteiger partial charge >= 0.3 is 5.69 Å². The predicted octanol–water partition coefficient (Wildman–Crippen LogP) is 3.52. The van der Waals surface area contributed by atoms with Crippen molar-refractivity contribution in [1.29, 1.82) is 0 Å². The van der Waals surface area contributed by atoms with Crippen molar-refractivity contribution in [3.63, 3.8) is 0 Å². The lowest BCUT2D eigenvalue weighted by Gasteiger charge is -2.16. The summed E-state index contributed by atoms with van der Waals surface area (Å²) in [6, 6.07) is 8.71. The number of nitrogens with one attached hydrogen (secondary N) is 2. The van der Waals surface area contributed by atoms with Crippen molar-refractivity contribution in [3.8, 4) is 5.75 Å². The molecule has 0 spiro atoms. The Labute approximate surface area is 180 Å². The zero-order valence-corrected chi connectivity index (χ0v) is 18.5. The van der Waals surface area contributed by atoms with Crippen LogP contribution in [0.2, 0.25) is 0 Å². The summed E-state index contributed by atoms with van der Waals surface area (Å²) in [4.78, 5) is 45.5. The molecule has 8 heteroatoms. The molecule has 1 aromatic carbocycles. The van der Waals surface area contributed by atoms with Crippen molar-refractivity contribution in [2.45, 2.75) is 47.1 Å². The third-order valence-electron chi connectivity index (χ3n) is 4.79. The van der Waals surface area contributed by atoms with E-state index in [0.717, 1.165) is 0 Å². The summed E-state index contributed by atoms with van der Waals surface area (Å²) in [5.74, 6) is 0.202. The summed E-state index contributed by atoms with van der Waals surface area (Å²) in [6.07, 6.45) is 0. The Morgan fingerprint density at radius 3 is 2.55 bits per heavy atom.